The zero-order valence-electron chi connectivity index (χ0n) is 16.4. The molecule has 2 aromatic carbocycles. The van der Waals surface area contributed by atoms with Crippen LogP contribution in [-0.4, -0.2) is 24.0 Å². The van der Waals surface area contributed by atoms with Gasteiger partial charge in [0.15, 0.2) is 5.69 Å². The highest BCUT2D eigenvalue weighted by atomic mass is 16.4. The molecule has 2 fully saturated rings. The highest BCUT2D eigenvalue weighted by molar-refractivity contribution is 6.05. The van der Waals surface area contributed by atoms with Gasteiger partial charge in [0.1, 0.15) is 5.76 Å². The quantitative estimate of drug-likeness (QED) is 0.631. The Labute approximate surface area is 170 Å². The molecule has 0 atom stereocenters. The van der Waals surface area contributed by atoms with Crippen LogP contribution in [0.4, 0.5) is 11.4 Å². The molecule has 2 aliphatic rings. The highest BCUT2D eigenvalue weighted by Crippen LogP contribution is 2.43. The number of nitrogens with zero attached hydrogens (tertiary/aromatic N) is 2. The maximum Gasteiger partial charge on any atom is 0.278 e. The molecular formula is C24H25N3O2. The van der Waals surface area contributed by atoms with Gasteiger partial charge in [0.05, 0.1) is 11.4 Å². The number of hydrogen-bond acceptors (Lipinski definition) is 4. The van der Waals surface area contributed by atoms with Crippen LogP contribution in [0, 0.1) is 0 Å². The molecule has 1 amide bonds. The summed E-state index contributed by atoms with van der Waals surface area (Å²) in [5.41, 5.74) is 3.23. The number of aromatic nitrogens is 1. The number of carbonyl (C=O) groups excluding carboxylic acids is 1. The van der Waals surface area contributed by atoms with Crippen LogP contribution in [0.15, 0.2) is 59.0 Å². The van der Waals surface area contributed by atoms with Gasteiger partial charge in [0.25, 0.3) is 5.91 Å². The largest absolute Gasteiger partial charge is 0.440 e. The van der Waals surface area contributed by atoms with Crippen LogP contribution in [-0.2, 0) is 0 Å². The van der Waals surface area contributed by atoms with Crippen LogP contribution in [0.3, 0.4) is 0 Å². The Morgan fingerprint density at radius 1 is 0.966 bits per heavy atom. The van der Waals surface area contributed by atoms with Crippen LogP contribution in [0.1, 0.15) is 54.3 Å². The summed E-state index contributed by atoms with van der Waals surface area (Å²) in [4.78, 5) is 20.1. The molecule has 5 nitrogen and oxygen atoms in total. The first-order chi connectivity index (χ1) is 14.3. The van der Waals surface area contributed by atoms with Crippen molar-refractivity contribution in [2.75, 3.05) is 23.3 Å². The molecule has 3 aromatic rings. The van der Waals surface area contributed by atoms with E-state index < -0.39 is 0 Å². The van der Waals surface area contributed by atoms with Crippen LogP contribution in [0.2, 0.25) is 0 Å². The topological polar surface area (TPSA) is 58.4 Å². The van der Waals surface area contributed by atoms with Crippen molar-refractivity contribution < 1.29 is 9.21 Å². The third kappa shape index (κ3) is 3.77. The van der Waals surface area contributed by atoms with Crippen molar-refractivity contribution in [1.82, 2.24) is 4.98 Å². The molecule has 1 saturated carbocycles. The third-order valence-electron chi connectivity index (χ3n) is 5.69. The number of nitrogens with one attached hydrogen (secondary N) is 1. The van der Waals surface area contributed by atoms with Gasteiger partial charge in [-0.15, -0.1) is 0 Å². The number of hydrogen-bond donors (Lipinski definition) is 1. The number of carbonyl (C=O) groups is 1. The fourth-order valence-electron chi connectivity index (χ4n) is 3.99. The Morgan fingerprint density at radius 3 is 2.45 bits per heavy atom. The van der Waals surface area contributed by atoms with Gasteiger partial charge in [0.2, 0.25) is 5.89 Å². The average Bonchev–Trinajstić information content (AvgIpc) is 3.53. The first-order valence-electron chi connectivity index (χ1n) is 10.5. The predicted molar refractivity (Wildman–Crippen MR) is 114 cm³/mol. The summed E-state index contributed by atoms with van der Waals surface area (Å²) in [6.07, 6.45) is 5.76. The SMILES string of the molecule is O=C(Nc1ccccc1N1CCCCC1)c1nc(-c2ccccc2)oc1C1CC1. The van der Waals surface area contributed by atoms with E-state index in [4.69, 9.17) is 4.42 Å². The molecule has 1 saturated heterocycles. The monoisotopic (exact) mass is 387 g/mol. The van der Waals surface area contributed by atoms with E-state index in [1.165, 1.54) is 19.3 Å². The second kappa shape index (κ2) is 7.74. The molecule has 0 radical (unpaired) electrons. The van der Waals surface area contributed by atoms with Gasteiger partial charge in [-0.3, -0.25) is 4.79 Å². The number of anilines is 2. The van der Waals surface area contributed by atoms with Crippen molar-refractivity contribution in [3.8, 4) is 11.5 Å². The molecule has 0 spiro atoms. The second-order valence-electron chi connectivity index (χ2n) is 7.89. The Bertz CT molecular complexity index is 1000. The Hall–Kier alpha value is -3.08. The number of benzene rings is 2. The van der Waals surface area contributed by atoms with Gasteiger partial charge in [-0.05, 0) is 56.4 Å². The summed E-state index contributed by atoms with van der Waals surface area (Å²) in [7, 11) is 0. The maximum absolute atomic E-state index is 13.2. The van der Waals surface area contributed by atoms with Gasteiger partial charge in [0, 0.05) is 24.6 Å². The van der Waals surface area contributed by atoms with Gasteiger partial charge >= 0.3 is 0 Å². The number of rotatable bonds is 5. The van der Waals surface area contributed by atoms with Gasteiger partial charge in [-0.1, -0.05) is 30.3 Å². The minimum absolute atomic E-state index is 0.192. The first-order valence-corrected chi connectivity index (χ1v) is 10.5. The van der Waals surface area contributed by atoms with E-state index in [2.05, 4.69) is 21.3 Å². The normalized spacial score (nSPS) is 16.6. The molecule has 1 aliphatic carbocycles. The summed E-state index contributed by atoms with van der Waals surface area (Å²) < 4.78 is 6.05. The second-order valence-corrected chi connectivity index (χ2v) is 7.89. The van der Waals surface area contributed by atoms with E-state index in [0.717, 1.165) is 48.6 Å². The Kier molecular flexibility index (Phi) is 4.80. The van der Waals surface area contributed by atoms with E-state index in [0.29, 0.717) is 17.5 Å². The summed E-state index contributed by atoms with van der Waals surface area (Å²) >= 11 is 0. The van der Waals surface area contributed by atoms with Gasteiger partial charge < -0.3 is 14.6 Å². The lowest BCUT2D eigenvalue weighted by Crippen LogP contribution is -2.30. The van der Waals surface area contributed by atoms with Crippen molar-refractivity contribution in [3.63, 3.8) is 0 Å². The molecule has 0 unspecified atom stereocenters. The van der Waals surface area contributed by atoms with Crippen LogP contribution < -0.4 is 10.2 Å². The van der Waals surface area contributed by atoms with E-state index in [1.54, 1.807) is 0 Å². The number of para-hydroxylation sites is 2. The zero-order chi connectivity index (χ0) is 19.6. The van der Waals surface area contributed by atoms with Crippen LogP contribution in [0.5, 0.6) is 0 Å². The van der Waals surface area contributed by atoms with Gasteiger partial charge in [-0.25, -0.2) is 4.98 Å². The van der Waals surface area contributed by atoms with E-state index in [9.17, 15) is 4.79 Å². The summed E-state index contributed by atoms with van der Waals surface area (Å²) in [6.45, 7) is 2.06. The fraction of sp³-hybridized carbons (Fsp3) is 0.333. The van der Waals surface area contributed by atoms with E-state index in [1.807, 2.05) is 48.5 Å². The number of piperidine rings is 1. The summed E-state index contributed by atoms with van der Waals surface area (Å²) in [5, 5.41) is 3.11. The zero-order valence-corrected chi connectivity index (χ0v) is 16.4. The molecule has 1 N–H and O–H groups in total. The fourth-order valence-corrected chi connectivity index (χ4v) is 3.99. The Balaban J connectivity index is 1.44. The van der Waals surface area contributed by atoms with Crippen LogP contribution in [0.25, 0.3) is 11.5 Å². The van der Waals surface area contributed by atoms with E-state index in [-0.39, 0.29) is 5.91 Å². The van der Waals surface area contributed by atoms with Crippen molar-refractivity contribution in [2.45, 2.75) is 38.0 Å². The van der Waals surface area contributed by atoms with E-state index >= 15 is 0 Å². The number of amides is 1. The lowest BCUT2D eigenvalue weighted by molar-refractivity contribution is 0.102. The third-order valence-corrected chi connectivity index (χ3v) is 5.69. The van der Waals surface area contributed by atoms with Crippen molar-refractivity contribution in [2.24, 2.45) is 0 Å². The molecule has 5 rings (SSSR count). The summed E-state index contributed by atoms with van der Waals surface area (Å²) in [5.74, 6) is 1.35. The molecule has 29 heavy (non-hydrogen) atoms. The Morgan fingerprint density at radius 2 is 1.69 bits per heavy atom. The smallest absolute Gasteiger partial charge is 0.278 e. The lowest BCUT2D eigenvalue weighted by Gasteiger charge is -2.30. The maximum atomic E-state index is 13.2. The lowest BCUT2D eigenvalue weighted by atomic mass is 10.1. The molecule has 148 valence electrons. The first kappa shape index (κ1) is 18.0. The molecule has 0 bridgehead atoms. The number of oxazole rings is 1. The van der Waals surface area contributed by atoms with Gasteiger partial charge in [-0.2, -0.15) is 0 Å². The standard InChI is InChI=1S/C24H25N3O2/c28-23(25-19-11-5-6-12-20(19)27-15-7-2-8-16-27)21-22(17-13-14-17)29-24(26-21)18-9-3-1-4-10-18/h1,3-6,9-12,17H,2,7-8,13-16H2,(H,25,28). The minimum atomic E-state index is -0.192. The van der Waals surface area contributed by atoms with Crippen molar-refractivity contribution in [3.05, 3.63) is 66.1 Å². The average molecular weight is 387 g/mol. The molecular weight excluding hydrogens is 362 g/mol. The molecule has 2 heterocycles. The summed E-state index contributed by atoms with van der Waals surface area (Å²) in [6, 6.07) is 17.8. The molecule has 1 aliphatic heterocycles. The molecule has 5 heteroatoms. The van der Waals surface area contributed by atoms with Crippen molar-refractivity contribution >= 4 is 17.3 Å². The highest BCUT2D eigenvalue weighted by Gasteiger charge is 2.34. The minimum Gasteiger partial charge on any atom is -0.440 e. The van der Waals surface area contributed by atoms with Crippen LogP contribution >= 0.6 is 0 Å². The molecule has 1 aromatic heterocycles. The van der Waals surface area contributed by atoms with Crippen molar-refractivity contribution in [1.29, 1.82) is 0 Å². The predicted octanol–water partition coefficient (Wildman–Crippen LogP) is 5.46.